The van der Waals surface area contributed by atoms with Gasteiger partial charge in [0, 0.05) is 19.5 Å². The van der Waals surface area contributed by atoms with Crippen LogP contribution in [0, 0.1) is 0 Å². The van der Waals surface area contributed by atoms with E-state index in [4.69, 9.17) is 9.47 Å². The first-order valence-electron chi connectivity index (χ1n) is 12.0. The van der Waals surface area contributed by atoms with Gasteiger partial charge in [0.1, 0.15) is 17.5 Å². The normalized spacial score (nSPS) is 11.4. The Morgan fingerprint density at radius 2 is 1.46 bits per heavy atom. The van der Waals surface area contributed by atoms with Gasteiger partial charge in [-0.05, 0) is 41.8 Å². The lowest BCUT2D eigenvalue weighted by atomic mass is 10.0. The summed E-state index contributed by atoms with van der Waals surface area (Å²) in [5.74, 6) is 0.860. The van der Waals surface area contributed by atoms with Crippen LogP contribution in [0.3, 0.4) is 0 Å². The summed E-state index contributed by atoms with van der Waals surface area (Å²) >= 11 is 0. The van der Waals surface area contributed by atoms with Crippen LogP contribution in [0.2, 0.25) is 0 Å². The number of unbranched alkanes of at least 4 members (excludes halogenated alkanes) is 1. The minimum Gasteiger partial charge on any atom is -0.497 e. The van der Waals surface area contributed by atoms with Gasteiger partial charge in [0.05, 0.1) is 7.11 Å². The van der Waals surface area contributed by atoms with Crippen molar-refractivity contribution in [3.05, 3.63) is 96.1 Å². The Labute approximate surface area is 207 Å². The van der Waals surface area contributed by atoms with Crippen LogP contribution in [0.5, 0.6) is 11.5 Å². The summed E-state index contributed by atoms with van der Waals surface area (Å²) < 4.78 is 11.0. The number of methoxy groups -OCH3 is 1. The topological polar surface area (TPSA) is 67.9 Å². The number of hydrogen-bond acceptors (Lipinski definition) is 4. The molecule has 3 aromatic rings. The lowest BCUT2D eigenvalue weighted by Crippen LogP contribution is -2.51. The number of amides is 2. The molecule has 2 amide bonds. The summed E-state index contributed by atoms with van der Waals surface area (Å²) in [5, 5.41) is 3.02. The first-order valence-corrected chi connectivity index (χ1v) is 12.0. The van der Waals surface area contributed by atoms with Crippen LogP contribution >= 0.6 is 0 Å². The lowest BCUT2D eigenvalue weighted by Gasteiger charge is -2.31. The van der Waals surface area contributed by atoms with Crippen LogP contribution in [0.15, 0.2) is 84.9 Å². The molecule has 1 N–H and O–H groups in total. The number of rotatable bonds is 13. The van der Waals surface area contributed by atoms with Crippen LogP contribution < -0.4 is 14.8 Å². The fourth-order valence-electron chi connectivity index (χ4n) is 3.74. The number of carbonyl (C=O) groups is 2. The van der Waals surface area contributed by atoms with Crippen LogP contribution in [0.1, 0.15) is 30.9 Å². The Hall–Kier alpha value is -3.80. The molecule has 1 atom stereocenters. The Morgan fingerprint density at radius 1 is 0.857 bits per heavy atom. The van der Waals surface area contributed by atoms with E-state index in [1.165, 1.54) is 0 Å². The number of hydrogen-bond donors (Lipinski definition) is 1. The van der Waals surface area contributed by atoms with E-state index in [2.05, 4.69) is 12.2 Å². The molecule has 0 bridgehead atoms. The maximum absolute atomic E-state index is 13.5. The standard InChI is InChI=1S/C29H34N2O4/c1-3-4-19-30-29(33)27(20-23-11-7-5-8-12-23)31(21-24-13-9-6-10-14-24)28(32)22-35-26-17-15-25(34-2)16-18-26/h5-18,27H,3-4,19-22H2,1-2H3,(H,30,33)/t27-/m1/s1. The number of nitrogens with one attached hydrogen (secondary N) is 1. The van der Waals surface area contributed by atoms with E-state index in [0.29, 0.717) is 31.0 Å². The smallest absolute Gasteiger partial charge is 0.261 e. The van der Waals surface area contributed by atoms with E-state index in [-0.39, 0.29) is 18.4 Å². The highest BCUT2D eigenvalue weighted by molar-refractivity contribution is 5.88. The Balaban J connectivity index is 1.83. The van der Waals surface area contributed by atoms with Crippen molar-refractivity contribution in [2.24, 2.45) is 0 Å². The molecule has 6 heteroatoms. The van der Waals surface area contributed by atoms with Crippen molar-refractivity contribution >= 4 is 11.8 Å². The van der Waals surface area contributed by atoms with Crippen molar-refractivity contribution in [2.75, 3.05) is 20.3 Å². The number of benzene rings is 3. The van der Waals surface area contributed by atoms with Crippen molar-refractivity contribution in [1.29, 1.82) is 0 Å². The molecule has 0 spiro atoms. The molecule has 0 saturated heterocycles. The summed E-state index contributed by atoms with van der Waals surface area (Å²) in [6.45, 7) is 2.79. The number of carbonyl (C=O) groups excluding carboxylic acids is 2. The van der Waals surface area contributed by atoms with E-state index >= 15 is 0 Å². The predicted octanol–water partition coefficient (Wildman–Crippen LogP) is 4.63. The zero-order valence-corrected chi connectivity index (χ0v) is 20.5. The monoisotopic (exact) mass is 474 g/mol. The van der Waals surface area contributed by atoms with Crippen LogP contribution in [0.25, 0.3) is 0 Å². The van der Waals surface area contributed by atoms with Gasteiger partial charge in [-0.1, -0.05) is 74.0 Å². The van der Waals surface area contributed by atoms with Gasteiger partial charge < -0.3 is 19.7 Å². The van der Waals surface area contributed by atoms with Crippen LogP contribution in [-0.4, -0.2) is 43.0 Å². The van der Waals surface area contributed by atoms with E-state index in [1.807, 2.05) is 60.7 Å². The second-order valence-electron chi connectivity index (χ2n) is 8.32. The van der Waals surface area contributed by atoms with E-state index < -0.39 is 6.04 Å². The van der Waals surface area contributed by atoms with Crippen molar-refractivity contribution in [3.63, 3.8) is 0 Å². The maximum Gasteiger partial charge on any atom is 0.261 e. The molecule has 0 aliphatic rings. The van der Waals surface area contributed by atoms with Gasteiger partial charge in [0.2, 0.25) is 5.91 Å². The third kappa shape index (κ3) is 8.18. The van der Waals surface area contributed by atoms with Gasteiger partial charge in [0.15, 0.2) is 6.61 Å². The average Bonchev–Trinajstić information content (AvgIpc) is 2.90. The molecule has 0 saturated carbocycles. The van der Waals surface area contributed by atoms with E-state index in [9.17, 15) is 9.59 Å². The van der Waals surface area contributed by atoms with Crippen molar-refractivity contribution in [3.8, 4) is 11.5 Å². The molecule has 3 aromatic carbocycles. The van der Waals surface area contributed by atoms with E-state index in [1.54, 1.807) is 36.3 Å². The molecule has 6 nitrogen and oxygen atoms in total. The maximum atomic E-state index is 13.5. The van der Waals surface area contributed by atoms with Gasteiger partial charge in [-0.15, -0.1) is 0 Å². The Bertz CT molecular complexity index is 1040. The van der Waals surface area contributed by atoms with Crippen LogP contribution in [0.4, 0.5) is 0 Å². The van der Waals surface area contributed by atoms with Gasteiger partial charge in [-0.25, -0.2) is 0 Å². The third-order valence-electron chi connectivity index (χ3n) is 5.72. The minimum absolute atomic E-state index is 0.156. The largest absolute Gasteiger partial charge is 0.497 e. The lowest BCUT2D eigenvalue weighted by molar-refractivity contribution is -0.142. The Kier molecular flexibility index (Phi) is 10.2. The first kappa shape index (κ1) is 25.8. The zero-order valence-electron chi connectivity index (χ0n) is 20.5. The SMILES string of the molecule is CCCCNC(=O)[C@@H](Cc1ccccc1)N(Cc1ccccc1)C(=O)COc1ccc(OC)cc1. The summed E-state index contributed by atoms with van der Waals surface area (Å²) in [6.07, 6.45) is 2.28. The second-order valence-corrected chi connectivity index (χ2v) is 8.32. The number of ether oxygens (including phenoxy) is 2. The first-order chi connectivity index (χ1) is 17.1. The molecule has 184 valence electrons. The zero-order chi connectivity index (χ0) is 24.9. The molecule has 0 aliphatic heterocycles. The highest BCUT2D eigenvalue weighted by Crippen LogP contribution is 2.19. The quantitative estimate of drug-likeness (QED) is 0.367. The summed E-state index contributed by atoms with van der Waals surface area (Å²) in [4.78, 5) is 28.5. The van der Waals surface area contributed by atoms with Gasteiger partial charge in [0.25, 0.3) is 5.91 Å². The average molecular weight is 475 g/mol. The highest BCUT2D eigenvalue weighted by Gasteiger charge is 2.30. The minimum atomic E-state index is -0.665. The molecule has 0 radical (unpaired) electrons. The van der Waals surface area contributed by atoms with Crippen molar-refractivity contribution < 1.29 is 19.1 Å². The summed E-state index contributed by atoms with van der Waals surface area (Å²) in [6, 6.07) is 25.9. The third-order valence-corrected chi connectivity index (χ3v) is 5.72. The summed E-state index contributed by atoms with van der Waals surface area (Å²) in [7, 11) is 1.60. The van der Waals surface area contributed by atoms with Gasteiger partial charge >= 0.3 is 0 Å². The molecule has 0 aliphatic carbocycles. The number of nitrogens with zero attached hydrogens (tertiary/aromatic N) is 1. The molecule has 0 heterocycles. The van der Waals surface area contributed by atoms with E-state index in [0.717, 1.165) is 24.0 Å². The second kappa shape index (κ2) is 13.8. The fourth-order valence-corrected chi connectivity index (χ4v) is 3.74. The molecule has 0 fully saturated rings. The molecule has 35 heavy (non-hydrogen) atoms. The highest BCUT2D eigenvalue weighted by atomic mass is 16.5. The van der Waals surface area contributed by atoms with Gasteiger partial charge in [-0.2, -0.15) is 0 Å². The van der Waals surface area contributed by atoms with Gasteiger partial charge in [-0.3, -0.25) is 9.59 Å². The predicted molar refractivity (Wildman–Crippen MR) is 137 cm³/mol. The fraction of sp³-hybridized carbons (Fsp3) is 0.310. The molecular formula is C29H34N2O4. The van der Waals surface area contributed by atoms with Crippen molar-refractivity contribution in [1.82, 2.24) is 10.2 Å². The molecular weight excluding hydrogens is 440 g/mol. The Morgan fingerprint density at radius 3 is 2.06 bits per heavy atom. The molecule has 3 rings (SSSR count). The van der Waals surface area contributed by atoms with Crippen molar-refractivity contribution in [2.45, 2.75) is 38.8 Å². The molecule has 0 aromatic heterocycles. The summed E-state index contributed by atoms with van der Waals surface area (Å²) in [5.41, 5.74) is 1.94. The molecule has 0 unspecified atom stereocenters. The van der Waals surface area contributed by atoms with Crippen LogP contribution in [-0.2, 0) is 22.6 Å².